The fourth-order valence-corrected chi connectivity index (χ4v) is 2.30. The first-order valence-electron chi connectivity index (χ1n) is 6.52. The lowest BCUT2D eigenvalue weighted by molar-refractivity contribution is 0.0957. The number of aliphatic hydroxyl groups excluding tert-OH is 2. The standard InChI is InChI=1S/C13H26N2O2/c1-10(2)12(7-16)14-5-6-15(9-14)13(8-17)11(3)4/h10-13,16-17H,5-8H2,1-4H3/t12-,13-/m1/s1. The summed E-state index contributed by atoms with van der Waals surface area (Å²) in [4.78, 5) is 4.16. The van der Waals surface area contributed by atoms with E-state index in [0.29, 0.717) is 11.8 Å². The molecular formula is C13H26N2O2. The fourth-order valence-electron chi connectivity index (χ4n) is 2.30. The normalized spacial score (nSPS) is 22.6. The zero-order valence-corrected chi connectivity index (χ0v) is 11.4. The summed E-state index contributed by atoms with van der Waals surface area (Å²) in [5.74, 6) is 0.804. The van der Waals surface area contributed by atoms with Crippen LogP contribution in [0.5, 0.6) is 0 Å². The van der Waals surface area contributed by atoms with Crippen LogP contribution in [0.3, 0.4) is 0 Å². The van der Waals surface area contributed by atoms with Crippen molar-refractivity contribution in [3.63, 3.8) is 0 Å². The number of nitrogens with zero attached hydrogens (tertiary/aromatic N) is 2. The molecule has 1 saturated heterocycles. The fraction of sp³-hybridized carbons (Fsp3) is 0.923. The Balaban J connectivity index is 2.56. The highest BCUT2D eigenvalue weighted by Crippen LogP contribution is 2.23. The van der Waals surface area contributed by atoms with E-state index in [2.05, 4.69) is 44.2 Å². The molecule has 1 aliphatic rings. The van der Waals surface area contributed by atoms with Crippen molar-refractivity contribution in [1.82, 2.24) is 9.80 Å². The minimum Gasteiger partial charge on any atom is -0.395 e. The van der Waals surface area contributed by atoms with E-state index in [4.69, 9.17) is 0 Å². The molecule has 0 aromatic heterocycles. The van der Waals surface area contributed by atoms with Gasteiger partial charge in [-0.15, -0.1) is 0 Å². The largest absolute Gasteiger partial charge is 0.395 e. The first-order chi connectivity index (χ1) is 8.01. The molecule has 0 saturated carbocycles. The second-order valence-corrected chi connectivity index (χ2v) is 5.47. The Morgan fingerprint density at radius 2 is 1.24 bits per heavy atom. The van der Waals surface area contributed by atoms with E-state index >= 15 is 0 Å². The highest BCUT2D eigenvalue weighted by molar-refractivity contribution is 4.91. The topological polar surface area (TPSA) is 46.9 Å². The highest BCUT2D eigenvalue weighted by atomic mass is 16.3. The highest BCUT2D eigenvalue weighted by Gasteiger charge is 2.33. The van der Waals surface area contributed by atoms with Gasteiger partial charge < -0.3 is 10.2 Å². The molecule has 0 unspecified atom stereocenters. The Bertz CT molecular complexity index is 199. The first-order valence-corrected chi connectivity index (χ1v) is 6.52. The predicted molar refractivity (Wildman–Crippen MR) is 68.1 cm³/mol. The van der Waals surface area contributed by atoms with Crippen LogP contribution >= 0.6 is 0 Å². The molecule has 0 bridgehead atoms. The third-order valence-electron chi connectivity index (χ3n) is 3.55. The lowest BCUT2D eigenvalue weighted by Crippen LogP contribution is -2.41. The van der Waals surface area contributed by atoms with Crippen molar-refractivity contribution >= 4 is 0 Å². The summed E-state index contributed by atoms with van der Waals surface area (Å²) in [6.45, 7) is 13.8. The molecule has 2 atom stereocenters. The monoisotopic (exact) mass is 242 g/mol. The van der Waals surface area contributed by atoms with E-state index in [0.717, 1.165) is 13.1 Å². The van der Waals surface area contributed by atoms with Crippen LogP contribution in [0, 0.1) is 18.5 Å². The Kier molecular flexibility index (Phi) is 5.86. The average molecular weight is 242 g/mol. The first kappa shape index (κ1) is 14.9. The number of rotatable bonds is 6. The lowest BCUT2D eigenvalue weighted by atomic mass is 10.0. The van der Waals surface area contributed by atoms with Crippen molar-refractivity contribution in [3.05, 3.63) is 6.67 Å². The molecule has 17 heavy (non-hydrogen) atoms. The SMILES string of the molecule is CC(C)[C@@H](CO)N1[C]N([C@H](CO)C(C)C)CC1. The van der Waals surface area contributed by atoms with E-state index in [1.807, 2.05) is 0 Å². The molecule has 2 N–H and O–H groups in total. The van der Waals surface area contributed by atoms with Crippen LogP contribution in [0.25, 0.3) is 0 Å². The van der Waals surface area contributed by atoms with Crippen LogP contribution in [0.2, 0.25) is 0 Å². The number of hydrogen-bond donors (Lipinski definition) is 2. The molecule has 1 heterocycles. The van der Waals surface area contributed by atoms with Crippen LogP contribution in [-0.4, -0.2) is 58.4 Å². The quantitative estimate of drug-likeness (QED) is 0.717. The van der Waals surface area contributed by atoms with E-state index in [1.165, 1.54) is 0 Å². The van der Waals surface area contributed by atoms with Crippen molar-refractivity contribution < 1.29 is 10.2 Å². The molecule has 0 amide bonds. The van der Waals surface area contributed by atoms with Gasteiger partial charge >= 0.3 is 0 Å². The zero-order valence-electron chi connectivity index (χ0n) is 11.4. The second-order valence-electron chi connectivity index (χ2n) is 5.47. The van der Waals surface area contributed by atoms with Gasteiger partial charge in [-0.2, -0.15) is 0 Å². The van der Waals surface area contributed by atoms with E-state index in [1.54, 1.807) is 0 Å². The van der Waals surface area contributed by atoms with Crippen molar-refractivity contribution in [2.75, 3.05) is 26.3 Å². The van der Waals surface area contributed by atoms with Gasteiger partial charge in [-0.05, 0) is 11.8 Å². The summed E-state index contributed by atoms with van der Waals surface area (Å²) in [5.41, 5.74) is 0. The van der Waals surface area contributed by atoms with Crippen LogP contribution in [0.15, 0.2) is 0 Å². The zero-order chi connectivity index (χ0) is 13.0. The van der Waals surface area contributed by atoms with Gasteiger partial charge in [-0.3, -0.25) is 9.80 Å². The summed E-state index contributed by atoms with van der Waals surface area (Å²) < 4.78 is 0. The summed E-state index contributed by atoms with van der Waals surface area (Å²) in [6, 6.07) is 0.262. The summed E-state index contributed by atoms with van der Waals surface area (Å²) in [7, 11) is 0. The van der Waals surface area contributed by atoms with Gasteiger partial charge in [0.2, 0.25) is 0 Å². The minimum atomic E-state index is 0.131. The van der Waals surface area contributed by atoms with Crippen molar-refractivity contribution in [3.8, 4) is 0 Å². The van der Waals surface area contributed by atoms with Crippen molar-refractivity contribution in [2.24, 2.45) is 11.8 Å². The molecule has 0 spiro atoms. The third kappa shape index (κ3) is 3.65. The molecule has 1 fully saturated rings. The van der Waals surface area contributed by atoms with Gasteiger partial charge in [0.25, 0.3) is 0 Å². The number of hydrogen-bond acceptors (Lipinski definition) is 4. The van der Waals surface area contributed by atoms with E-state index < -0.39 is 0 Å². The van der Waals surface area contributed by atoms with Crippen LogP contribution < -0.4 is 0 Å². The summed E-state index contributed by atoms with van der Waals surface area (Å²) in [6.07, 6.45) is 0. The molecule has 1 aliphatic heterocycles. The summed E-state index contributed by atoms with van der Waals surface area (Å²) in [5, 5.41) is 18.8. The van der Waals surface area contributed by atoms with Gasteiger partial charge in [0.1, 0.15) is 6.67 Å². The van der Waals surface area contributed by atoms with Crippen LogP contribution in [-0.2, 0) is 0 Å². The van der Waals surface area contributed by atoms with Gasteiger partial charge in [-0.25, -0.2) is 0 Å². The minimum absolute atomic E-state index is 0.131. The molecule has 1 rings (SSSR count). The molecule has 2 radical (unpaired) electrons. The van der Waals surface area contributed by atoms with Crippen LogP contribution in [0.1, 0.15) is 27.7 Å². The van der Waals surface area contributed by atoms with E-state index in [-0.39, 0.29) is 25.3 Å². The smallest absolute Gasteiger partial charge is 0.147 e. The van der Waals surface area contributed by atoms with Gasteiger partial charge in [0, 0.05) is 25.2 Å². The van der Waals surface area contributed by atoms with Gasteiger partial charge in [0.05, 0.1) is 13.2 Å². The van der Waals surface area contributed by atoms with Crippen molar-refractivity contribution in [2.45, 2.75) is 39.8 Å². The summed E-state index contributed by atoms with van der Waals surface area (Å²) >= 11 is 0. The lowest BCUT2D eigenvalue weighted by Gasteiger charge is -2.31. The Hall–Kier alpha value is -0.160. The number of aliphatic hydroxyl groups is 2. The maximum Gasteiger partial charge on any atom is 0.147 e. The molecule has 4 heteroatoms. The molecule has 0 aliphatic carbocycles. The molecule has 0 aromatic carbocycles. The maximum atomic E-state index is 9.40. The molecule has 0 aromatic rings. The van der Waals surface area contributed by atoms with Gasteiger partial charge in [-0.1, -0.05) is 27.7 Å². The second kappa shape index (κ2) is 6.69. The Labute approximate surface area is 105 Å². The Morgan fingerprint density at radius 1 is 0.882 bits per heavy atom. The van der Waals surface area contributed by atoms with Gasteiger partial charge in [0.15, 0.2) is 0 Å². The van der Waals surface area contributed by atoms with Crippen LogP contribution in [0.4, 0.5) is 0 Å². The molecule has 100 valence electrons. The predicted octanol–water partition coefficient (Wildman–Crippen LogP) is 0.634. The van der Waals surface area contributed by atoms with Crippen molar-refractivity contribution in [1.29, 1.82) is 0 Å². The third-order valence-corrected chi connectivity index (χ3v) is 3.55. The Morgan fingerprint density at radius 3 is 1.47 bits per heavy atom. The average Bonchev–Trinajstić information content (AvgIpc) is 2.68. The molecular weight excluding hydrogens is 216 g/mol. The molecule has 4 nitrogen and oxygen atoms in total. The maximum absolute atomic E-state index is 9.40. The van der Waals surface area contributed by atoms with E-state index in [9.17, 15) is 10.2 Å².